The Balaban J connectivity index is 1.32. The summed E-state index contributed by atoms with van der Waals surface area (Å²) in [6.45, 7) is 0.539. The lowest BCUT2D eigenvalue weighted by Gasteiger charge is -2.31. The molecule has 4 nitrogen and oxygen atoms in total. The first-order valence-corrected chi connectivity index (χ1v) is 15.4. The van der Waals surface area contributed by atoms with Gasteiger partial charge in [-0.3, -0.25) is 0 Å². The van der Waals surface area contributed by atoms with Gasteiger partial charge in [0.2, 0.25) is 0 Å². The standard InChI is InChI=1S/C41H32O4/c42-21-23-44-31-15-9-27(10-16-31)29-13-19-35-33-5-1-3-7-37(33)41(39(35)25-29)38-8-4-2-6-34(38)36-20-14-30(26-40(36)41)28-11-17-32(18-12-28)45-24-22-43/h1-20,25-26,42-43H,21-24H2. The first-order chi connectivity index (χ1) is 22.2. The second-order valence-corrected chi connectivity index (χ2v) is 11.6. The van der Waals surface area contributed by atoms with Crippen LogP contribution < -0.4 is 9.47 Å². The molecule has 0 aromatic heterocycles. The lowest BCUT2D eigenvalue weighted by atomic mass is 9.70. The van der Waals surface area contributed by atoms with Crippen molar-refractivity contribution < 1.29 is 19.7 Å². The van der Waals surface area contributed by atoms with Crippen LogP contribution in [-0.2, 0) is 5.41 Å². The van der Waals surface area contributed by atoms with E-state index >= 15 is 0 Å². The Morgan fingerprint density at radius 1 is 0.400 bits per heavy atom. The maximum atomic E-state index is 9.15. The second-order valence-electron chi connectivity index (χ2n) is 11.6. The van der Waals surface area contributed by atoms with Gasteiger partial charge in [-0.1, -0.05) is 97.1 Å². The molecule has 0 bridgehead atoms. The highest BCUT2D eigenvalue weighted by Gasteiger charge is 2.51. The minimum absolute atomic E-state index is 0.00969. The van der Waals surface area contributed by atoms with Gasteiger partial charge >= 0.3 is 0 Å². The number of hydrogen-bond acceptors (Lipinski definition) is 4. The first-order valence-electron chi connectivity index (χ1n) is 15.4. The summed E-state index contributed by atoms with van der Waals surface area (Å²) in [4.78, 5) is 0. The van der Waals surface area contributed by atoms with Crippen LogP contribution in [0.2, 0.25) is 0 Å². The second kappa shape index (κ2) is 11.1. The quantitative estimate of drug-likeness (QED) is 0.188. The zero-order valence-corrected chi connectivity index (χ0v) is 24.7. The smallest absolute Gasteiger partial charge is 0.119 e. The molecule has 0 radical (unpaired) electrons. The minimum atomic E-state index is -0.460. The van der Waals surface area contributed by atoms with Gasteiger partial charge in [0, 0.05) is 0 Å². The molecule has 0 saturated heterocycles. The summed E-state index contributed by atoms with van der Waals surface area (Å²) >= 11 is 0. The van der Waals surface area contributed by atoms with Crippen molar-refractivity contribution in [2.45, 2.75) is 5.41 Å². The van der Waals surface area contributed by atoms with Crippen molar-refractivity contribution in [3.8, 4) is 56.0 Å². The van der Waals surface area contributed by atoms with Gasteiger partial charge in [-0.15, -0.1) is 0 Å². The Hall–Kier alpha value is -5.16. The molecule has 6 aromatic carbocycles. The maximum absolute atomic E-state index is 9.15. The van der Waals surface area contributed by atoms with Crippen molar-refractivity contribution in [2.24, 2.45) is 0 Å². The molecule has 0 fully saturated rings. The number of benzene rings is 6. The van der Waals surface area contributed by atoms with Crippen LogP contribution in [0.25, 0.3) is 44.5 Å². The van der Waals surface area contributed by atoms with Crippen LogP contribution in [0.15, 0.2) is 133 Å². The van der Waals surface area contributed by atoms with Gasteiger partial charge in [0.1, 0.15) is 24.7 Å². The van der Waals surface area contributed by atoms with E-state index in [1.165, 1.54) is 44.5 Å². The van der Waals surface area contributed by atoms with E-state index in [-0.39, 0.29) is 26.4 Å². The summed E-state index contributed by atoms with van der Waals surface area (Å²) in [5, 5.41) is 18.3. The molecule has 0 saturated carbocycles. The van der Waals surface area contributed by atoms with Gasteiger partial charge in [0.25, 0.3) is 0 Å². The van der Waals surface area contributed by atoms with Crippen molar-refractivity contribution in [3.63, 3.8) is 0 Å². The number of fused-ring (bicyclic) bond motifs is 10. The fourth-order valence-electron chi connectivity index (χ4n) is 7.31. The molecule has 2 aliphatic rings. The molecule has 4 heteroatoms. The Morgan fingerprint density at radius 2 is 0.778 bits per heavy atom. The fourth-order valence-corrected chi connectivity index (χ4v) is 7.31. The molecule has 45 heavy (non-hydrogen) atoms. The molecule has 2 N–H and O–H groups in total. The van der Waals surface area contributed by atoms with E-state index in [1.54, 1.807) is 0 Å². The number of aliphatic hydroxyl groups is 2. The summed E-state index contributed by atoms with van der Waals surface area (Å²) < 4.78 is 11.2. The number of rotatable bonds is 8. The largest absolute Gasteiger partial charge is 0.491 e. The van der Waals surface area contributed by atoms with Crippen LogP contribution in [-0.4, -0.2) is 36.6 Å². The molecule has 8 rings (SSSR count). The molecular formula is C41H32O4. The highest BCUT2D eigenvalue weighted by molar-refractivity contribution is 5.96. The van der Waals surface area contributed by atoms with E-state index in [4.69, 9.17) is 19.7 Å². The molecular weight excluding hydrogens is 556 g/mol. The van der Waals surface area contributed by atoms with Crippen LogP contribution in [0.4, 0.5) is 0 Å². The van der Waals surface area contributed by atoms with Crippen molar-refractivity contribution in [1.82, 2.24) is 0 Å². The molecule has 6 aromatic rings. The van der Waals surface area contributed by atoms with Gasteiger partial charge in [0.15, 0.2) is 0 Å². The average molecular weight is 589 g/mol. The van der Waals surface area contributed by atoms with E-state index in [9.17, 15) is 0 Å². The highest BCUT2D eigenvalue weighted by atomic mass is 16.5. The fraction of sp³-hybridized carbons (Fsp3) is 0.122. The average Bonchev–Trinajstić information content (AvgIpc) is 3.57. The zero-order chi connectivity index (χ0) is 30.4. The van der Waals surface area contributed by atoms with Gasteiger partial charge in [-0.2, -0.15) is 0 Å². The topological polar surface area (TPSA) is 58.9 Å². The van der Waals surface area contributed by atoms with Crippen molar-refractivity contribution >= 4 is 0 Å². The Bertz CT molecular complexity index is 1880. The van der Waals surface area contributed by atoms with Gasteiger partial charge in [-0.05, 0) is 103 Å². The van der Waals surface area contributed by atoms with Gasteiger partial charge in [0.05, 0.1) is 18.6 Å². The maximum Gasteiger partial charge on any atom is 0.119 e. The lowest BCUT2D eigenvalue weighted by molar-refractivity contribution is 0.201. The summed E-state index contributed by atoms with van der Waals surface area (Å²) in [7, 11) is 0. The van der Waals surface area contributed by atoms with Crippen LogP contribution >= 0.6 is 0 Å². The monoisotopic (exact) mass is 588 g/mol. The molecule has 0 atom stereocenters. The van der Waals surface area contributed by atoms with Crippen molar-refractivity contribution in [3.05, 3.63) is 156 Å². The van der Waals surface area contributed by atoms with E-state index < -0.39 is 5.41 Å². The van der Waals surface area contributed by atoms with Gasteiger partial charge in [-0.25, -0.2) is 0 Å². The van der Waals surface area contributed by atoms with Crippen molar-refractivity contribution in [1.29, 1.82) is 0 Å². The highest BCUT2D eigenvalue weighted by Crippen LogP contribution is 2.63. The predicted octanol–water partition coefficient (Wildman–Crippen LogP) is 8.11. The van der Waals surface area contributed by atoms with E-state index in [2.05, 4.69) is 109 Å². The molecule has 1 spiro atoms. The third-order valence-corrected chi connectivity index (χ3v) is 9.18. The zero-order valence-electron chi connectivity index (χ0n) is 24.7. The molecule has 0 amide bonds. The summed E-state index contributed by atoms with van der Waals surface area (Å²) in [5.74, 6) is 1.49. The molecule has 0 aliphatic heterocycles. The predicted molar refractivity (Wildman–Crippen MR) is 179 cm³/mol. The van der Waals surface area contributed by atoms with Crippen molar-refractivity contribution in [2.75, 3.05) is 26.4 Å². The van der Waals surface area contributed by atoms with Crippen LogP contribution in [0.3, 0.4) is 0 Å². The Kier molecular flexibility index (Phi) is 6.75. The normalized spacial score (nSPS) is 13.2. The SMILES string of the molecule is OCCOc1ccc(-c2ccc3c(c2)C2(c4ccccc4-3)c3ccccc3-c3ccc(-c4ccc(OCCO)cc4)cc32)cc1. The van der Waals surface area contributed by atoms with Crippen LogP contribution in [0, 0.1) is 0 Å². The molecule has 0 heterocycles. The van der Waals surface area contributed by atoms with E-state index in [0.717, 1.165) is 33.8 Å². The third-order valence-electron chi connectivity index (χ3n) is 9.18. The Labute approximate surface area is 262 Å². The minimum Gasteiger partial charge on any atom is -0.491 e. The van der Waals surface area contributed by atoms with E-state index in [1.807, 2.05) is 24.3 Å². The molecule has 220 valence electrons. The summed E-state index contributed by atoms with van der Waals surface area (Å²) in [6, 6.07) is 47.7. The number of hydrogen-bond donors (Lipinski definition) is 2. The lowest BCUT2D eigenvalue weighted by Crippen LogP contribution is -2.26. The third kappa shape index (κ3) is 4.29. The van der Waals surface area contributed by atoms with Gasteiger partial charge < -0.3 is 19.7 Å². The molecule has 0 unspecified atom stereocenters. The first kappa shape index (κ1) is 27.4. The number of ether oxygens (including phenoxy) is 2. The van der Waals surface area contributed by atoms with E-state index in [0.29, 0.717) is 0 Å². The summed E-state index contributed by atoms with van der Waals surface area (Å²) in [5.41, 5.74) is 14.3. The summed E-state index contributed by atoms with van der Waals surface area (Å²) in [6.07, 6.45) is 0. The van der Waals surface area contributed by atoms with Crippen LogP contribution in [0.1, 0.15) is 22.3 Å². The van der Waals surface area contributed by atoms with Crippen LogP contribution in [0.5, 0.6) is 11.5 Å². The number of aliphatic hydroxyl groups excluding tert-OH is 2. The Morgan fingerprint density at radius 3 is 1.20 bits per heavy atom. The molecule has 2 aliphatic carbocycles.